The Hall–Kier alpha value is -0.870. The Balaban J connectivity index is 2.00. The monoisotopic (exact) mass is 239 g/mol. The fourth-order valence-corrected chi connectivity index (χ4v) is 3.29. The normalized spacial score (nSPS) is 24.3. The summed E-state index contributed by atoms with van der Waals surface area (Å²) in [5.41, 5.74) is 0. The molecular weight excluding hydrogens is 222 g/mol. The van der Waals surface area contributed by atoms with Gasteiger partial charge in [-0.05, 0) is 30.9 Å². The molecule has 0 saturated heterocycles. The first-order valence-corrected chi connectivity index (χ1v) is 7.19. The first kappa shape index (κ1) is 11.6. The predicted octanol–water partition coefficient (Wildman–Crippen LogP) is 2.15. The highest BCUT2D eigenvalue weighted by Gasteiger charge is 2.39. The van der Waals surface area contributed by atoms with E-state index in [4.69, 9.17) is 0 Å². The molecule has 1 aliphatic carbocycles. The summed E-state index contributed by atoms with van der Waals surface area (Å²) >= 11 is 0. The molecule has 0 radical (unpaired) electrons. The maximum absolute atomic E-state index is 11.9. The van der Waals surface area contributed by atoms with Crippen LogP contribution in [0.4, 0.5) is 0 Å². The maximum atomic E-state index is 11.9. The predicted molar refractivity (Wildman–Crippen MR) is 63.6 cm³/mol. The zero-order valence-corrected chi connectivity index (χ0v) is 10.2. The van der Waals surface area contributed by atoms with Gasteiger partial charge in [0.2, 0.25) is 10.0 Å². The Kier molecular flexibility index (Phi) is 3.30. The highest BCUT2D eigenvalue weighted by molar-refractivity contribution is 7.89. The van der Waals surface area contributed by atoms with Crippen LogP contribution in [0, 0.1) is 5.92 Å². The fourth-order valence-electron chi connectivity index (χ4n) is 1.95. The molecule has 0 aliphatic heterocycles. The van der Waals surface area contributed by atoms with Crippen LogP contribution in [0.15, 0.2) is 35.2 Å². The lowest BCUT2D eigenvalue weighted by molar-refractivity contribution is 0.573. The van der Waals surface area contributed by atoms with Crippen LogP contribution in [0.2, 0.25) is 0 Å². The average molecular weight is 239 g/mol. The van der Waals surface area contributed by atoms with Gasteiger partial charge < -0.3 is 0 Å². The van der Waals surface area contributed by atoms with E-state index in [1.54, 1.807) is 24.3 Å². The van der Waals surface area contributed by atoms with Crippen molar-refractivity contribution in [3.8, 4) is 0 Å². The third kappa shape index (κ3) is 2.62. The minimum Gasteiger partial charge on any atom is -0.208 e. The van der Waals surface area contributed by atoms with E-state index in [0.29, 0.717) is 10.8 Å². The molecule has 2 unspecified atom stereocenters. The summed E-state index contributed by atoms with van der Waals surface area (Å²) in [6, 6.07) is 8.70. The average Bonchev–Trinajstić information content (AvgIpc) is 2.97. The van der Waals surface area contributed by atoms with Gasteiger partial charge in [-0.2, -0.15) is 0 Å². The molecule has 0 spiro atoms. The number of hydrogen-bond donors (Lipinski definition) is 1. The summed E-state index contributed by atoms with van der Waals surface area (Å²) in [6.45, 7) is 2.13. The third-order valence-electron chi connectivity index (χ3n) is 2.94. The van der Waals surface area contributed by atoms with Crippen molar-refractivity contribution in [3.63, 3.8) is 0 Å². The second-order valence-corrected chi connectivity index (χ2v) is 6.04. The molecule has 1 saturated carbocycles. The maximum Gasteiger partial charge on any atom is 0.240 e. The van der Waals surface area contributed by atoms with Crippen molar-refractivity contribution in [2.75, 3.05) is 0 Å². The second kappa shape index (κ2) is 4.55. The van der Waals surface area contributed by atoms with Crippen molar-refractivity contribution in [2.24, 2.45) is 5.92 Å². The minimum atomic E-state index is -3.30. The van der Waals surface area contributed by atoms with Gasteiger partial charge in [0.1, 0.15) is 0 Å². The van der Waals surface area contributed by atoms with Crippen molar-refractivity contribution in [1.82, 2.24) is 4.72 Å². The Labute approximate surface area is 96.9 Å². The van der Waals surface area contributed by atoms with Gasteiger partial charge in [0, 0.05) is 6.04 Å². The number of sulfonamides is 1. The SMILES string of the molecule is CCCC1CC1NS(=O)(=O)c1ccccc1. The Morgan fingerprint density at radius 2 is 2.00 bits per heavy atom. The molecule has 3 nitrogen and oxygen atoms in total. The Morgan fingerprint density at radius 1 is 1.31 bits per heavy atom. The summed E-state index contributed by atoms with van der Waals surface area (Å²) in [5.74, 6) is 0.545. The van der Waals surface area contributed by atoms with E-state index < -0.39 is 10.0 Å². The first-order chi connectivity index (χ1) is 7.63. The van der Waals surface area contributed by atoms with Gasteiger partial charge in [0.15, 0.2) is 0 Å². The minimum absolute atomic E-state index is 0.158. The van der Waals surface area contributed by atoms with Crippen molar-refractivity contribution in [1.29, 1.82) is 0 Å². The lowest BCUT2D eigenvalue weighted by Crippen LogP contribution is -2.27. The van der Waals surface area contributed by atoms with Crippen LogP contribution in [0.1, 0.15) is 26.2 Å². The standard InChI is InChI=1S/C12H17NO2S/c1-2-6-10-9-12(10)13-16(14,15)11-7-4-3-5-8-11/h3-5,7-8,10,12-13H,2,6,9H2,1H3. The van der Waals surface area contributed by atoms with Crippen molar-refractivity contribution >= 4 is 10.0 Å². The molecule has 2 atom stereocenters. The van der Waals surface area contributed by atoms with E-state index in [-0.39, 0.29) is 6.04 Å². The summed E-state index contributed by atoms with van der Waals surface area (Å²) in [5, 5.41) is 0. The molecule has 16 heavy (non-hydrogen) atoms. The van der Waals surface area contributed by atoms with E-state index in [1.807, 2.05) is 6.07 Å². The van der Waals surface area contributed by atoms with Gasteiger partial charge in [0.05, 0.1) is 4.90 Å². The van der Waals surface area contributed by atoms with Gasteiger partial charge in [-0.1, -0.05) is 31.5 Å². The van der Waals surface area contributed by atoms with Gasteiger partial charge in [-0.15, -0.1) is 0 Å². The highest BCUT2D eigenvalue weighted by atomic mass is 32.2. The zero-order chi connectivity index (χ0) is 11.6. The molecule has 88 valence electrons. The molecule has 4 heteroatoms. The summed E-state index contributed by atoms with van der Waals surface area (Å²) < 4.78 is 26.6. The molecule has 0 heterocycles. The molecule has 1 N–H and O–H groups in total. The van der Waals surface area contributed by atoms with Crippen LogP contribution >= 0.6 is 0 Å². The van der Waals surface area contributed by atoms with Crippen LogP contribution < -0.4 is 4.72 Å². The van der Waals surface area contributed by atoms with E-state index in [1.165, 1.54) is 0 Å². The number of hydrogen-bond acceptors (Lipinski definition) is 2. The van der Waals surface area contributed by atoms with E-state index >= 15 is 0 Å². The van der Waals surface area contributed by atoms with Crippen LogP contribution in [-0.4, -0.2) is 14.5 Å². The van der Waals surface area contributed by atoms with E-state index in [2.05, 4.69) is 11.6 Å². The molecule has 0 bridgehead atoms. The quantitative estimate of drug-likeness (QED) is 0.855. The summed E-state index contributed by atoms with van der Waals surface area (Å²) in [6.07, 6.45) is 3.22. The third-order valence-corrected chi connectivity index (χ3v) is 4.45. The highest BCUT2D eigenvalue weighted by Crippen LogP contribution is 2.35. The smallest absolute Gasteiger partial charge is 0.208 e. The van der Waals surface area contributed by atoms with E-state index in [0.717, 1.165) is 19.3 Å². The summed E-state index contributed by atoms with van der Waals surface area (Å²) in [4.78, 5) is 0.358. The second-order valence-electron chi connectivity index (χ2n) is 4.33. The van der Waals surface area contributed by atoms with Crippen LogP contribution in [0.5, 0.6) is 0 Å². The molecule has 0 aromatic heterocycles. The number of rotatable bonds is 5. The van der Waals surface area contributed by atoms with E-state index in [9.17, 15) is 8.42 Å². The zero-order valence-electron chi connectivity index (χ0n) is 9.39. The topological polar surface area (TPSA) is 46.2 Å². The van der Waals surface area contributed by atoms with Crippen molar-refractivity contribution in [3.05, 3.63) is 30.3 Å². The largest absolute Gasteiger partial charge is 0.240 e. The van der Waals surface area contributed by atoms with Crippen LogP contribution in [0.3, 0.4) is 0 Å². The molecule has 1 fully saturated rings. The fraction of sp³-hybridized carbons (Fsp3) is 0.500. The van der Waals surface area contributed by atoms with Gasteiger partial charge in [-0.3, -0.25) is 0 Å². The van der Waals surface area contributed by atoms with Gasteiger partial charge in [0.25, 0.3) is 0 Å². The lowest BCUT2D eigenvalue weighted by atomic mass is 10.2. The Morgan fingerprint density at radius 3 is 2.62 bits per heavy atom. The lowest BCUT2D eigenvalue weighted by Gasteiger charge is -2.05. The molecule has 1 aromatic carbocycles. The van der Waals surface area contributed by atoms with Crippen LogP contribution in [0.25, 0.3) is 0 Å². The van der Waals surface area contributed by atoms with Crippen molar-refractivity contribution < 1.29 is 8.42 Å². The summed E-state index contributed by atoms with van der Waals surface area (Å²) in [7, 11) is -3.30. The molecule has 1 aromatic rings. The Bertz CT molecular complexity index is 441. The molecule has 2 rings (SSSR count). The first-order valence-electron chi connectivity index (χ1n) is 5.71. The van der Waals surface area contributed by atoms with Crippen molar-refractivity contribution in [2.45, 2.75) is 37.1 Å². The molecule has 1 aliphatic rings. The number of nitrogens with one attached hydrogen (secondary N) is 1. The van der Waals surface area contributed by atoms with Gasteiger partial charge in [-0.25, -0.2) is 13.1 Å². The molecular formula is C12H17NO2S. The number of benzene rings is 1. The van der Waals surface area contributed by atoms with Crippen LogP contribution in [-0.2, 0) is 10.0 Å². The molecule has 0 amide bonds. The van der Waals surface area contributed by atoms with Gasteiger partial charge >= 0.3 is 0 Å².